The van der Waals surface area contributed by atoms with Gasteiger partial charge in [-0.25, -0.2) is 4.39 Å². The summed E-state index contributed by atoms with van der Waals surface area (Å²) in [5.41, 5.74) is 6.13. The van der Waals surface area contributed by atoms with Crippen LogP contribution in [0, 0.1) is 11.7 Å². The molecule has 104 valence electrons. The average molecular weight is 264 g/mol. The minimum Gasteiger partial charge on any atom is -0.399 e. The Bertz CT molecular complexity index is 433. The molecule has 1 aliphatic carbocycles. The summed E-state index contributed by atoms with van der Waals surface area (Å²) < 4.78 is 13.2. The molecule has 3 N–H and O–H groups in total. The van der Waals surface area contributed by atoms with Gasteiger partial charge in [0.1, 0.15) is 5.82 Å². The van der Waals surface area contributed by atoms with Crippen molar-refractivity contribution in [3.05, 3.63) is 29.6 Å². The number of carbonyl (C=O) groups is 1. The monoisotopic (exact) mass is 264 g/mol. The Labute approximate surface area is 113 Å². The number of hydrogen-bond acceptors (Lipinski definition) is 2. The number of hydrogen-bond donors (Lipinski definition) is 2. The molecule has 0 aromatic heterocycles. The van der Waals surface area contributed by atoms with E-state index in [1.807, 2.05) is 0 Å². The molecule has 0 heterocycles. The molecule has 0 aliphatic heterocycles. The van der Waals surface area contributed by atoms with Crippen LogP contribution in [0.4, 0.5) is 10.1 Å². The van der Waals surface area contributed by atoms with Crippen molar-refractivity contribution in [3.63, 3.8) is 0 Å². The van der Waals surface area contributed by atoms with Gasteiger partial charge in [0.2, 0.25) is 0 Å². The van der Waals surface area contributed by atoms with E-state index in [1.165, 1.54) is 24.6 Å². The summed E-state index contributed by atoms with van der Waals surface area (Å²) >= 11 is 0. The fourth-order valence-corrected chi connectivity index (χ4v) is 2.73. The van der Waals surface area contributed by atoms with Crippen LogP contribution in [0.1, 0.15) is 49.4 Å². The van der Waals surface area contributed by atoms with Gasteiger partial charge in [0.05, 0.1) is 0 Å². The van der Waals surface area contributed by atoms with Gasteiger partial charge < -0.3 is 11.1 Å². The molecule has 1 aromatic rings. The van der Waals surface area contributed by atoms with Crippen molar-refractivity contribution in [2.24, 2.45) is 5.92 Å². The summed E-state index contributed by atoms with van der Waals surface area (Å²) in [4.78, 5) is 12.0. The number of rotatable bonds is 3. The second kappa shape index (κ2) is 6.04. The molecule has 0 radical (unpaired) electrons. The van der Waals surface area contributed by atoms with Crippen molar-refractivity contribution in [3.8, 4) is 0 Å². The second-order valence-electron chi connectivity index (χ2n) is 5.37. The molecule has 0 unspecified atom stereocenters. The molecular weight excluding hydrogens is 243 g/mol. The molecule has 2 rings (SSSR count). The van der Waals surface area contributed by atoms with Gasteiger partial charge in [0.15, 0.2) is 0 Å². The lowest BCUT2D eigenvalue weighted by Crippen LogP contribution is -2.37. The Balaban J connectivity index is 1.94. The SMILES string of the molecule is CCC1CCC(NC(=O)c2cc(N)cc(F)c2)CC1. The first-order chi connectivity index (χ1) is 9.08. The number of nitrogens with one attached hydrogen (secondary N) is 1. The average Bonchev–Trinajstić information content (AvgIpc) is 2.38. The molecule has 0 saturated heterocycles. The minimum atomic E-state index is -0.472. The van der Waals surface area contributed by atoms with E-state index in [2.05, 4.69) is 12.2 Å². The van der Waals surface area contributed by atoms with E-state index in [1.54, 1.807) is 0 Å². The maximum absolute atomic E-state index is 13.2. The van der Waals surface area contributed by atoms with E-state index < -0.39 is 5.82 Å². The third-order valence-electron chi connectivity index (χ3n) is 3.94. The van der Waals surface area contributed by atoms with Crippen LogP contribution in [0.15, 0.2) is 18.2 Å². The molecule has 19 heavy (non-hydrogen) atoms. The highest BCUT2D eigenvalue weighted by Gasteiger charge is 2.21. The van der Waals surface area contributed by atoms with E-state index in [0.717, 1.165) is 31.6 Å². The highest BCUT2D eigenvalue weighted by molar-refractivity contribution is 5.95. The van der Waals surface area contributed by atoms with E-state index in [9.17, 15) is 9.18 Å². The lowest BCUT2D eigenvalue weighted by atomic mass is 9.84. The number of amides is 1. The van der Waals surface area contributed by atoms with Gasteiger partial charge in [-0.05, 0) is 49.8 Å². The molecular formula is C15H21FN2O. The van der Waals surface area contributed by atoms with Crippen LogP contribution in [0.2, 0.25) is 0 Å². The smallest absolute Gasteiger partial charge is 0.251 e. The minimum absolute atomic E-state index is 0.208. The fraction of sp³-hybridized carbons (Fsp3) is 0.533. The molecule has 0 bridgehead atoms. The number of nitrogen functional groups attached to an aromatic ring is 1. The number of nitrogens with two attached hydrogens (primary N) is 1. The molecule has 1 saturated carbocycles. The van der Waals surface area contributed by atoms with E-state index in [4.69, 9.17) is 5.73 Å². The summed E-state index contributed by atoms with van der Waals surface area (Å²) in [6, 6.07) is 4.16. The van der Waals surface area contributed by atoms with Gasteiger partial charge in [0, 0.05) is 17.3 Å². The molecule has 4 heteroatoms. The first-order valence-electron chi connectivity index (χ1n) is 6.95. The Morgan fingerprint density at radius 3 is 2.58 bits per heavy atom. The quantitative estimate of drug-likeness (QED) is 0.824. The molecule has 1 fully saturated rings. The van der Waals surface area contributed by atoms with Gasteiger partial charge in [0.25, 0.3) is 5.91 Å². The first kappa shape index (κ1) is 13.8. The first-order valence-corrected chi connectivity index (χ1v) is 6.95. The van der Waals surface area contributed by atoms with Crippen molar-refractivity contribution in [1.29, 1.82) is 0 Å². The third-order valence-corrected chi connectivity index (χ3v) is 3.94. The van der Waals surface area contributed by atoms with Crippen molar-refractivity contribution in [2.45, 2.75) is 45.1 Å². The predicted molar refractivity (Wildman–Crippen MR) is 74.3 cm³/mol. The highest BCUT2D eigenvalue weighted by Crippen LogP contribution is 2.26. The highest BCUT2D eigenvalue weighted by atomic mass is 19.1. The number of anilines is 1. The van der Waals surface area contributed by atoms with Crippen LogP contribution in [-0.4, -0.2) is 11.9 Å². The van der Waals surface area contributed by atoms with Crippen molar-refractivity contribution >= 4 is 11.6 Å². The van der Waals surface area contributed by atoms with E-state index in [-0.39, 0.29) is 17.6 Å². The Morgan fingerprint density at radius 1 is 1.32 bits per heavy atom. The van der Waals surface area contributed by atoms with E-state index in [0.29, 0.717) is 5.56 Å². The van der Waals surface area contributed by atoms with Crippen LogP contribution in [0.5, 0.6) is 0 Å². The van der Waals surface area contributed by atoms with Crippen LogP contribution in [0.3, 0.4) is 0 Å². The maximum Gasteiger partial charge on any atom is 0.251 e. The normalized spacial score (nSPS) is 23.1. The molecule has 1 aromatic carbocycles. The Kier molecular flexibility index (Phi) is 4.40. The number of benzene rings is 1. The fourth-order valence-electron chi connectivity index (χ4n) is 2.73. The molecule has 0 spiro atoms. The maximum atomic E-state index is 13.2. The predicted octanol–water partition coefficient (Wildman–Crippen LogP) is 3.11. The van der Waals surface area contributed by atoms with Crippen LogP contribution in [-0.2, 0) is 0 Å². The lowest BCUT2D eigenvalue weighted by molar-refractivity contribution is 0.0921. The summed E-state index contributed by atoms with van der Waals surface area (Å²) in [6.45, 7) is 2.21. The van der Waals surface area contributed by atoms with Crippen molar-refractivity contribution in [1.82, 2.24) is 5.32 Å². The zero-order valence-corrected chi connectivity index (χ0v) is 11.3. The van der Waals surface area contributed by atoms with Gasteiger partial charge in [-0.1, -0.05) is 13.3 Å². The zero-order valence-electron chi connectivity index (χ0n) is 11.3. The summed E-state index contributed by atoms with van der Waals surface area (Å²) in [5.74, 6) is 0.0870. The summed E-state index contributed by atoms with van der Waals surface area (Å²) in [7, 11) is 0. The van der Waals surface area contributed by atoms with Crippen LogP contribution < -0.4 is 11.1 Å². The van der Waals surface area contributed by atoms with Crippen LogP contribution in [0.25, 0.3) is 0 Å². The molecule has 1 aliphatic rings. The van der Waals surface area contributed by atoms with Gasteiger partial charge in [-0.2, -0.15) is 0 Å². The number of halogens is 1. The summed E-state index contributed by atoms with van der Waals surface area (Å²) in [5, 5.41) is 2.97. The second-order valence-corrected chi connectivity index (χ2v) is 5.37. The van der Waals surface area contributed by atoms with Crippen molar-refractivity contribution < 1.29 is 9.18 Å². The molecule has 0 atom stereocenters. The topological polar surface area (TPSA) is 55.1 Å². The molecule has 3 nitrogen and oxygen atoms in total. The van der Waals surface area contributed by atoms with Crippen LogP contribution >= 0.6 is 0 Å². The number of carbonyl (C=O) groups excluding carboxylic acids is 1. The standard InChI is InChI=1S/C15H21FN2O/c1-2-10-3-5-14(6-4-10)18-15(19)11-7-12(16)9-13(17)8-11/h7-10,14H,2-6,17H2,1H3,(H,18,19). The van der Waals surface area contributed by atoms with Crippen molar-refractivity contribution in [2.75, 3.05) is 5.73 Å². The Hall–Kier alpha value is -1.58. The third kappa shape index (κ3) is 3.69. The van der Waals surface area contributed by atoms with Gasteiger partial charge in [-0.3, -0.25) is 4.79 Å². The van der Waals surface area contributed by atoms with Gasteiger partial charge in [-0.15, -0.1) is 0 Å². The Morgan fingerprint density at radius 2 is 2.00 bits per heavy atom. The largest absolute Gasteiger partial charge is 0.399 e. The van der Waals surface area contributed by atoms with E-state index >= 15 is 0 Å². The lowest BCUT2D eigenvalue weighted by Gasteiger charge is -2.28. The summed E-state index contributed by atoms with van der Waals surface area (Å²) in [6.07, 6.45) is 5.55. The zero-order chi connectivity index (χ0) is 13.8. The molecule has 1 amide bonds. The van der Waals surface area contributed by atoms with Gasteiger partial charge >= 0.3 is 0 Å².